The van der Waals surface area contributed by atoms with Crippen LogP contribution in [0, 0.1) is 0 Å². The molecule has 1 aromatic carbocycles. The summed E-state index contributed by atoms with van der Waals surface area (Å²) in [7, 11) is 0. The Balaban J connectivity index is 2.32. The van der Waals surface area contributed by atoms with E-state index in [1.165, 1.54) is 0 Å². The van der Waals surface area contributed by atoms with Crippen molar-refractivity contribution in [2.75, 3.05) is 6.54 Å². The topological polar surface area (TPSA) is 29.1 Å². The molecule has 0 aromatic heterocycles. The summed E-state index contributed by atoms with van der Waals surface area (Å²) in [5.41, 5.74) is 1.81. The van der Waals surface area contributed by atoms with Crippen molar-refractivity contribution in [3.8, 4) is 0 Å². The molecule has 2 heteroatoms. The maximum absolute atomic E-state index is 11.6. The zero-order valence-electron chi connectivity index (χ0n) is 7.99. The van der Waals surface area contributed by atoms with E-state index < -0.39 is 0 Å². The molecular formula is C12H13NO. The van der Waals surface area contributed by atoms with Crippen LogP contribution in [0.2, 0.25) is 0 Å². The monoisotopic (exact) mass is 187 g/mol. The van der Waals surface area contributed by atoms with Crippen LogP contribution in [0.15, 0.2) is 36.4 Å². The second-order valence-corrected chi connectivity index (χ2v) is 3.38. The van der Waals surface area contributed by atoms with Gasteiger partial charge in [-0.25, -0.2) is 0 Å². The summed E-state index contributed by atoms with van der Waals surface area (Å²) in [4.78, 5) is 11.6. The number of carbonyl (C=O) groups excluding carboxylic acids is 1. The number of benzene rings is 1. The lowest BCUT2D eigenvalue weighted by Gasteiger charge is -2.04. The quantitative estimate of drug-likeness (QED) is 0.715. The highest BCUT2D eigenvalue weighted by Crippen LogP contribution is 2.17. The van der Waals surface area contributed by atoms with Crippen molar-refractivity contribution in [3.05, 3.63) is 42.0 Å². The van der Waals surface area contributed by atoms with E-state index in [2.05, 4.69) is 5.32 Å². The number of hydrogen-bond donors (Lipinski definition) is 1. The van der Waals surface area contributed by atoms with Crippen molar-refractivity contribution < 1.29 is 4.79 Å². The first-order valence-electron chi connectivity index (χ1n) is 4.92. The fourth-order valence-electron chi connectivity index (χ4n) is 1.60. The SMILES string of the molecule is O=C1NCCCC=C1c1ccccc1. The van der Waals surface area contributed by atoms with Crippen LogP contribution in [0.3, 0.4) is 0 Å². The van der Waals surface area contributed by atoms with Crippen LogP contribution in [-0.2, 0) is 4.79 Å². The highest BCUT2D eigenvalue weighted by atomic mass is 16.1. The molecule has 2 nitrogen and oxygen atoms in total. The van der Waals surface area contributed by atoms with Crippen molar-refractivity contribution >= 4 is 11.5 Å². The van der Waals surface area contributed by atoms with Gasteiger partial charge >= 0.3 is 0 Å². The van der Waals surface area contributed by atoms with Crippen LogP contribution < -0.4 is 5.32 Å². The van der Waals surface area contributed by atoms with Crippen LogP contribution in [0.4, 0.5) is 0 Å². The molecule has 1 N–H and O–H groups in total. The first kappa shape index (κ1) is 9.00. The van der Waals surface area contributed by atoms with E-state index >= 15 is 0 Å². The van der Waals surface area contributed by atoms with Crippen molar-refractivity contribution in [3.63, 3.8) is 0 Å². The van der Waals surface area contributed by atoms with Gasteiger partial charge in [0.1, 0.15) is 0 Å². The Kier molecular flexibility index (Phi) is 2.63. The van der Waals surface area contributed by atoms with Crippen LogP contribution >= 0.6 is 0 Å². The lowest BCUT2D eigenvalue weighted by atomic mass is 10.0. The summed E-state index contributed by atoms with van der Waals surface area (Å²) in [6.45, 7) is 0.783. The van der Waals surface area contributed by atoms with E-state index in [1.54, 1.807) is 0 Å². The minimum atomic E-state index is 0.0497. The second kappa shape index (κ2) is 4.09. The molecule has 0 saturated carbocycles. The van der Waals surface area contributed by atoms with E-state index in [0.29, 0.717) is 0 Å². The number of rotatable bonds is 1. The minimum Gasteiger partial charge on any atom is -0.352 e. The Hall–Kier alpha value is -1.57. The highest BCUT2D eigenvalue weighted by Gasteiger charge is 2.12. The largest absolute Gasteiger partial charge is 0.352 e. The molecule has 0 radical (unpaired) electrons. The average molecular weight is 187 g/mol. The number of carbonyl (C=O) groups is 1. The molecule has 1 aliphatic rings. The summed E-state index contributed by atoms with van der Waals surface area (Å²) < 4.78 is 0. The van der Waals surface area contributed by atoms with E-state index in [0.717, 1.165) is 30.5 Å². The molecule has 0 atom stereocenters. The zero-order chi connectivity index (χ0) is 9.80. The van der Waals surface area contributed by atoms with Gasteiger partial charge in [-0.05, 0) is 18.4 Å². The Morgan fingerprint density at radius 1 is 1.14 bits per heavy atom. The van der Waals surface area contributed by atoms with E-state index in [1.807, 2.05) is 36.4 Å². The third-order valence-corrected chi connectivity index (χ3v) is 2.34. The van der Waals surface area contributed by atoms with Crippen molar-refractivity contribution in [2.45, 2.75) is 12.8 Å². The van der Waals surface area contributed by atoms with Gasteiger partial charge in [0.15, 0.2) is 0 Å². The normalized spacial score (nSPS) is 16.9. The van der Waals surface area contributed by atoms with Gasteiger partial charge < -0.3 is 5.32 Å². The molecule has 0 aliphatic carbocycles. The van der Waals surface area contributed by atoms with E-state index in [-0.39, 0.29) is 5.91 Å². The van der Waals surface area contributed by atoms with Gasteiger partial charge in [0.2, 0.25) is 0 Å². The minimum absolute atomic E-state index is 0.0497. The van der Waals surface area contributed by atoms with Crippen LogP contribution in [0.25, 0.3) is 5.57 Å². The molecule has 0 unspecified atom stereocenters. The predicted molar refractivity (Wildman–Crippen MR) is 56.7 cm³/mol. The third-order valence-electron chi connectivity index (χ3n) is 2.34. The molecule has 0 spiro atoms. The van der Waals surface area contributed by atoms with Gasteiger partial charge in [0, 0.05) is 12.1 Å². The lowest BCUT2D eigenvalue weighted by Crippen LogP contribution is -2.23. The third kappa shape index (κ3) is 1.84. The van der Waals surface area contributed by atoms with Crippen LogP contribution in [0.5, 0.6) is 0 Å². The molecule has 14 heavy (non-hydrogen) atoms. The van der Waals surface area contributed by atoms with Crippen molar-refractivity contribution in [1.82, 2.24) is 5.32 Å². The van der Waals surface area contributed by atoms with Gasteiger partial charge in [-0.3, -0.25) is 4.79 Å². The highest BCUT2D eigenvalue weighted by molar-refractivity contribution is 6.19. The van der Waals surface area contributed by atoms with Gasteiger partial charge in [0.25, 0.3) is 5.91 Å². The summed E-state index contributed by atoms with van der Waals surface area (Å²) in [5, 5.41) is 2.89. The van der Waals surface area contributed by atoms with Crippen LogP contribution in [0.1, 0.15) is 18.4 Å². The Morgan fingerprint density at radius 2 is 1.93 bits per heavy atom. The summed E-state index contributed by atoms with van der Waals surface area (Å²) in [6, 6.07) is 9.80. The van der Waals surface area contributed by atoms with Crippen molar-refractivity contribution in [2.24, 2.45) is 0 Å². The number of hydrogen-bond acceptors (Lipinski definition) is 1. The van der Waals surface area contributed by atoms with Gasteiger partial charge in [-0.2, -0.15) is 0 Å². The standard InChI is InChI=1S/C12H13NO/c14-12-11(8-4-5-9-13-12)10-6-2-1-3-7-10/h1-3,6-8H,4-5,9H2,(H,13,14). The van der Waals surface area contributed by atoms with Gasteiger partial charge in [0.05, 0.1) is 0 Å². The van der Waals surface area contributed by atoms with Crippen molar-refractivity contribution in [1.29, 1.82) is 0 Å². The Labute approximate surface area is 83.6 Å². The zero-order valence-corrected chi connectivity index (χ0v) is 7.99. The molecular weight excluding hydrogens is 174 g/mol. The molecule has 2 rings (SSSR count). The predicted octanol–water partition coefficient (Wildman–Crippen LogP) is 1.98. The maximum Gasteiger partial charge on any atom is 0.251 e. The summed E-state index contributed by atoms with van der Waals surface area (Å²) in [5.74, 6) is 0.0497. The second-order valence-electron chi connectivity index (χ2n) is 3.38. The Morgan fingerprint density at radius 3 is 2.71 bits per heavy atom. The molecule has 0 saturated heterocycles. The fraction of sp³-hybridized carbons (Fsp3) is 0.250. The summed E-state index contributed by atoms with van der Waals surface area (Å²) in [6.07, 6.45) is 4.03. The smallest absolute Gasteiger partial charge is 0.251 e. The molecule has 1 aliphatic heterocycles. The summed E-state index contributed by atoms with van der Waals surface area (Å²) >= 11 is 0. The first-order chi connectivity index (χ1) is 6.88. The fourth-order valence-corrected chi connectivity index (χ4v) is 1.60. The number of allylic oxidation sites excluding steroid dienone is 1. The molecule has 1 aromatic rings. The van der Waals surface area contributed by atoms with E-state index in [4.69, 9.17) is 0 Å². The Bertz CT molecular complexity index is 354. The first-order valence-corrected chi connectivity index (χ1v) is 4.92. The maximum atomic E-state index is 11.6. The lowest BCUT2D eigenvalue weighted by molar-refractivity contribution is -0.115. The number of nitrogens with one attached hydrogen (secondary N) is 1. The molecule has 0 bridgehead atoms. The molecule has 72 valence electrons. The average Bonchev–Trinajstić information content (AvgIpc) is 2.44. The van der Waals surface area contributed by atoms with Gasteiger partial charge in [-0.15, -0.1) is 0 Å². The molecule has 0 fully saturated rings. The van der Waals surface area contributed by atoms with Crippen LogP contribution in [-0.4, -0.2) is 12.5 Å². The number of amides is 1. The van der Waals surface area contributed by atoms with Gasteiger partial charge in [-0.1, -0.05) is 36.4 Å². The molecule has 1 amide bonds. The van der Waals surface area contributed by atoms with E-state index in [9.17, 15) is 4.79 Å². The molecule has 1 heterocycles.